The van der Waals surface area contributed by atoms with Gasteiger partial charge in [0.25, 0.3) is 0 Å². The SMILES string of the molecule is COCCN(c1cc(N)ccn1)C(C)C1CC1. The van der Waals surface area contributed by atoms with E-state index in [1.54, 1.807) is 13.3 Å². The summed E-state index contributed by atoms with van der Waals surface area (Å²) in [5.41, 5.74) is 6.58. The summed E-state index contributed by atoms with van der Waals surface area (Å²) in [5, 5.41) is 0. The van der Waals surface area contributed by atoms with Crippen LogP contribution in [0.3, 0.4) is 0 Å². The molecule has 0 spiro atoms. The molecular weight excluding hydrogens is 214 g/mol. The summed E-state index contributed by atoms with van der Waals surface area (Å²) in [6, 6.07) is 4.27. The van der Waals surface area contributed by atoms with Crippen LogP contribution in [0.5, 0.6) is 0 Å². The van der Waals surface area contributed by atoms with Crippen molar-refractivity contribution in [3.63, 3.8) is 0 Å². The molecule has 1 unspecified atom stereocenters. The molecule has 0 aromatic carbocycles. The maximum absolute atomic E-state index is 5.82. The Bertz CT molecular complexity index is 365. The van der Waals surface area contributed by atoms with Gasteiger partial charge in [-0.1, -0.05) is 0 Å². The zero-order chi connectivity index (χ0) is 12.3. The molecule has 1 aliphatic rings. The van der Waals surface area contributed by atoms with Crippen molar-refractivity contribution in [1.29, 1.82) is 0 Å². The van der Waals surface area contributed by atoms with Crippen LogP contribution in [0.4, 0.5) is 11.5 Å². The molecule has 94 valence electrons. The smallest absolute Gasteiger partial charge is 0.130 e. The summed E-state index contributed by atoms with van der Waals surface area (Å²) >= 11 is 0. The van der Waals surface area contributed by atoms with Crippen LogP contribution in [0, 0.1) is 5.92 Å². The van der Waals surface area contributed by atoms with E-state index >= 15 is 0 Å². The second kappa shape index (κ2) is 5.36. The minimum atomic E-state index is 0.513. The molecule has 2 N–H and O–H groups in total. The third-order valence-corrected chi connectivity index (χ3v) is 3.40. The molecule has 1 atom stereocenters. The van der Waals surface area contributed by atoms with Gasteiger partial charge in [0.15, 0.2) is 0 Å². The van der Waals surface area contributed by atoms with Crippen LogP contribution in [0.2, 0.25) is 0 Å². The van der Waals surface area contributed by atoms with Gasteiger partial charge in [-0.05, 0) is 31.7 Å². The summed E-state index contributed by atoms with van der Waals surface area (Å²) in [6.07, 6.45) is 4.42. The predicted molar refractivity (Wildman–Crippen MR) is 70.1 cm³/mol. The summed E-state index contributed by atoms with van der Waals surface area (Å²) in [4.78, 5) is 6.72. The van der Waals surface area contributed by atoms with Crippen LogP contribution >= 0.6 is 0 Å². The fourth-order valence-corrected chi connectivity index (χ4v) is 2.14. The Labute approximate surface area is 103 Å². The normalized spacial score (nSPS) is 16.8. The molecule has 1 fully saturated rings. The number of hydrogen-bond donors (Lipinski definition) is 1. The van der Waals surface area contributed by atoms with Crippen LogP contribution in [0.15, 0.2) is 18.3 Å². The molecule has 1 aliphatic carbocycles. The van der Waals surface area contributed by atoms with Crippen LogP contribution in [0.1, 0.15) is 19.8 Å². The van der Waals surface area contributed by atoms with Gasteiger partial charge in [0.1, 0.15) is 5.82 Å². The first-order valence-electron chi connectivity index (χ1n) is 6.19. The highest BCUT2D eigenvalue weighted by Gasteiger charge is 2.32. The molecule has 17 heavy (non-hydrogen) atoms. The van der Waals surface area contributed by atoms with Gasteiger partial charge in [-0.2, -0.15) is 0 Å². The molecule has 4 nitrogen and oxygen atoms in total. The molecule has 0 bridgehead atoms. The fourth-order valence-electron chi connectivity index (χ4n) is 2.14. The van der Waals surface area contributed by atoms with Crippen molar-refractivity contribution in [1.82, 2.24) is 4.98 Å². The van der Waals surface area contributed by atoms with Gasteiger partial charge in [0, 0.05) is 37.6 Å². The largest absolute Gasteiger partial charge is 0.399 e. The molecule has 0 amide bonds. The summed E-state index contributed by atoms with van der Waals surface area (Å²) in [6.45, 7) is 3.84. The average Bonchev–Trinajstić information content (AvgIpc) is 3.13. The van der Waals surface area contributed by atoms with Crippen molar-refractivity contribution >= 4 is 11.5 Å². The fraction of sp³-hybridized carbons (Fsp3) is 0.615. The van der Waals surface area contributed by atoms with E-state index in [0.29, 0.717) is 12.6 Å². The first-order valence-corrected chi connectivity index (χ1v) is 6.19. The second-order valence-electron chi connectivity index (χ2n) is 4.71. The lowest BCUT2D eigenvalue weighted by molar-refractivity contribution is 0.202. The zero-order valence-electron chi connectivity index (χ0n) is 10.6. The summed E-state index contributed by atoms with van der Waals surface area (Å²) < 4.78 is 5.17. The van der Waals surface area contributed by atoms with E-state index in [9.17, 15) is 0 Å². The maximum atomic E-state index is 5.82. The Balaban J connectivity index is 2.13. The lowest BCUT2D eigenvalue weighted by atomic mass is 10.2. The van der Waals surface area contributed by atoms with E-state index < -0.39 is 0 Å². The number of hydrogen-bond acceptors (Lipinski definition) is 4. The Kier molecular flexibility index (Phi) is 3.84. The number of methoxy groups -OCH3 is 1. The number of pyridine rings is 1. The molecule has 0 aliphatic heterocycles. The van der Waals surface area contributed by atoms with Gasteiger partial charge < -0.3 is 15.4 Å². The van der Waals surface area contributed by atoms with E-state index in [2.05, 4.69) is 16.8 Å². The Morgan fingerprint density at radius 3 is 2.94 bits per heavy atom. The standard InChI is InChI=1S/C13H21N3O/c1-10(11-3-4-11)16(7-8-17-2)13-9-12(14)5-6-15-13/h5-6,9-11H,3-4,7-8H2,1-2H3,(H2,14,15). The Morgan fingerprint density at radius 2 is 2.35 bits per heavy atom. The van der Waals surface area contributed by atoms with E-state index in [0.717, 1.165) is 24.0 Å². The molecule has 2 rings (SSSR count). The first-order chi connectivity index (χ1) is 8.22. The third-order valence-electron chi connectivity index (χ3n) is 3.40. The molecule has 1 saturated carbocycles. The zero-order valence-corrected chi connectivity index (χ0v) is 10.6. The first kappa shape index (κ1) is 12.2. The minimum absolute atomic E-state index is 0.513. The maximum Gasteiger partial charge on any atom is 0.130 e. The van der Waals surface area contributed by atoms with E-state index in [1.807, 2.05) is 12.1 Å². The Hall–Kier alpha value is -1.29. The van der Waals surface area contributed by atoms with Crippen molar-refractivity contribution in [2.45, 2.75) is 25.8 Å². The molecular formula is C13H21N3O. The number of nitrogens with zero attached hydrogens (tertiary/aromatic N) is 2. The number of nitrogens with two attached hydrogens (primary N) is 1. The van der Waals surface area contributed by atoms with Gasteiger partial charge >= 0.3 is 0 Å². The van der Waals surface area contributed by atoms with Gasteiger partial charge in [-0.15, -0.1) is 0 Å². The topological polar surface area (TPSA) is 51.4 Å². The summed E-state index contributed by atoms with van der Waals surface area (Å²) in [7, 11) is 1.73. The van der Waals surface area contributed by atoms with E-state index in [-0.39, 0.29) is 0 Å². The van der Waals surface area contributed by atoms with Crippen molar-refractivity contribution in [2.24, 2.45) is 5.92 Å². The average molecular weight is 235 g/mol. The van der Waals surface area contributed by atoms with Gasteiger partial charge in [0.2, 0.25) is 0 Å². The van der Waals surface area contributed by atoms with Crippen LogP contribution in [0.25, 0.3) is 0 Å². The van der Waals surface area contributed by atoms with Gasteiger partial charge in [-0.25, -0.2) is 4.98 Å². The summed E-state index contributed by atoms with van der Waals surface area (Å²) in [5.74, 6) is 1.76. The van der Waals surface area contributed by atoms with Gasteiger partial charge in [-0.3, -0.25) is 0 Å². The minimum Gasteiger partial charge on any atom is -0.399 e. The lowest BCUT2D eigenvalue weighted by Gasteiger charge is -2.30. The molecule has 1 heterocycles. The van der Waals surface area contributed by atoms with E-state index in [4.69, 9.17) is 10.5 Å². The van der Waals surface area contributed by atoms with Crippen molar-refractivity contribution in [3.05, 3.63) is 18.3 Å². The van der Waals surface area contributed by atoms with Crippen molar-refractivity contribution < 1.29 is 4.74 Å². The lowest BCUT2D eigenvalue weighted by Crippen LogP contribution is -2.37. The van der Waals surface area contributed by atoms with E-state index in [1.165, 1.54) is 12.8 Å². The van der Waals surface area contributed by atoms with Crippen molar-refractivity contribution in [3.8, 4) is 0 Å². The highest BCUT2D eigenvalue weighted by molar-refractivity contribution is 5.51. The highest BCUT2D eigenvalue weighted by atomic mass is 16.5. The van der Waals surface area contributed by atoms with Crippen molar-refractivity contribution in [2.75, 3.05) is 30.9 Å². The molecule has 1 aromatic rings. The van der Waals surface area contributed by atoms with Crippen LogP contribution in [-0.4, -0.2) is 31.3 Å². The number of ether oxygens (including phenoxy) is 1. The number of nitrogen functional groups attached to an aromatic ring is 1. The highest BCUT2D eigenvalue weighted by Crippen LogP contribution is 2.36. The molecule has 4 heteroatoms. The van der Waals surface area contributed by atoms with Crippen LogP contribution in [-0.2, 0) is 4.74 Å². The number of anilines is 2. The molecule has 0 saturated heterocycles. The number of rotatable bonds is 6. The Morgan fingerprint density at radius 1 is 1.59 bits per heavy atom. The third kappa shape index (κ3) is 3.09. The monoisotopic (exact) mass is 235 g/mol. The number of aromatic nitrogens is 1. The predicted octanol–water partition coefficient (Wildman–Crippen LogP) is 1.92. The molecule has 0 radical (unpaired) electrons. The van der Waals surface area contributed by atoms with Crippen LogP contribution < -0.4 is 10.6 Å². The second-order valence-corrected chi connectivity index (χ2v) is 4.71. The van der Waals surface area contributed by atoms with Gasteiger partial charge in [0.05, 0.1) is 6.61 Å². The molecule has 1 aromatic heterocycles. The quantitative estimate of drug-likeness (QED) is 0.818.